The van der Waals surface area contributed by atoms with Gasteiger partial charge in [0.05, 0.1) is 40.1 Å². The first-order valence-corrected chi connectivity index (χ1v) is 11.2. The van der Waals surface area contributed by atoms with Crippen molar-refractivity contribution in [3.63, 3.8) is 0 Å². The smallest absolute Gasteiger partial charge is 0.422 e. The maximum Gasteiger partial charge on any atom is 0.422 e. The highest BCUT2D eigenvalue weighted by Crippen LogP contribution is 2.42. The number of likely N-dealkylation sites (tertiary alicyclic amines) is 1. The van der Waals surface area contributed by atoms with E-state index in [9.17, 15) is 45.1 Å². The van der Waals surface area contributed by atoms with E-state index in [2.05, 4.69) is 4.74 Å². The Hall–Kier alpha value is -2.15. The van der Waals surface area contributed by atoms with E-state index in [-0.39, 0.29) is 5.75 Å². The summed E-state index contributed by atoms with van der Waals surface area (Å²) in [5.41, 5.74) is 0. The molecule has 1 saturated heterocycles. The third-order valence-electron chi connectivity index (χ3n) is 5.36. The molecule has 1 aliphatic carbocycles. The Morgan fingerprint density at radius 1 is 1.19 bits per heavy atom. The van der Waals surface area contributed by atoms with Crippen molar-refractivity contribution < 1.29 is 49.8 Å². The number of nitrogens with zero attached hydrogens (tertiary/aromatic N) is 1. The minimum Gasteiger partial charge on any atom is -0.484 e. The molecule has 32 heavy (non-hydrogen) atoms. The van der Waals surface area contributed by atoms with Gasteiger partial charge in [-0.05, 0) is 25.0 Å². The molecular weight excluding hydrogens is 489 g/mol. The van der Waals surface area contributed by atoms with Crippen LogP contribution in [0.15, 0.2) is 23.1 Å². The van der Waals surface area contributed by atoms with Crippen LogP contribution in [-0.4, -0.2) is 67.3 Å². The number of halogens is 6. The fourth-order valence-corrected chi connectivity index (χ4v) is 6.20. The lowest BCUT2D eigenvalue weighted by atomic mass is 9.93. The summed E-state index contributed by atoms with van der Waals surface area (Å²) in [6.07, 6.45) is -5.47. The topological polar surface area (TPSA) is 101 Å². The zero-order chi connectivity index (χ0) is 24.1. The minimum absolute atomic E-state index is 0.326. The van der Waals surface area contributed by atoms with Crippen molar-refractivity contribution in [3.05, 3.63) is 23.2 Å². The number of amides is 1. The summed E-state index contributed by atoms with van der Waals surface area (Å²) in [7, 11) is -4.29. The van der Waals surface area contributed by atoms with E-state index in [1.165, 1.54) is 0 Å². The van der Waals surface area contributed by atoms with Crippen LogP contribution in [-0.2, 0) is 19.4 Å². The quantitative estimate of drug-likeness (QED) is 0.597. The Bertz CT molecular complexity index is 1020. The zero-order valence-corrected chi connectivity index (χ0v) is 17.7. The summed E-state index contributed by atoms with van der Waals surface area (Å²) in [6.45, 7) is -3.34. The molecule has 0 radical (unpaired) electrons. The van der Waals surface area contributed by atoms with Gasteiger partial charge >= 0.3 is 12.1 Å². The number of sulfone groups is 1. The van der Waals surface area contributed by atoms with Crippen LogP contribution in [0, 0.1) is 11.8 Å². The van der Waals surface area contributed by atoms with Gasteiger partial charge in [-0.15, -0.1) is 0 Å². The van der Waals surface area contributed by atoms with Crippen LogP contribution >= 0.6 is 11.6 Å². The molecule has 1 saturated carbocycles. The summed E-state index contributed by atoms with van der Waals surface area (Å²) < 4.78 is 93.6. The number of hydrogen-bond donors (Lipinski definition) is 1. The summed E-state index contributed by atoms with van der Waals surface area (Å²) in [5.74, 6) is -8.39. The molecule has 0 bridgehead atoms. The molecule has 1 aromatic carbocycles. The lowest BCUT2D eigenvalue weighted by molar-refractivity contribution is -0.172. The fourth-order valence-electron chi connectivity index (χ4n) is 3.84. The standard InChI is InChI=1S/C18H17ClF5NO6S/c19-13-3-9(31-8-18(22,23)24)1-2-14(13)32(29,30)10-4-11(12(5-10)16(27)28)15(26)25-6-17(20,21)7-25/h1-3,10-12H,4-8H2,(H,27,28)/t10-,11-,12-/m1/s1. The van der Waals surface area contributed by atoms with E-state index in [4.69, 9.17) is 11.6 Å². The first kappa shape index (κ1) is 24.5. The van der Waals surface area contributed by atoms with Crippen LogP contribution in [0.2, 0.25) is 5.02 Å². The number of carboxylic acid groups (broad SMARTS) is 1. The lowest BCUT2D eigenvalue weighted by Crippen LogP contribution is -2.60. The van der Waals surface area contributed by atoms with Gasteiger partial charge in [0, 0.05) is 6.07 Å². The number of rotatable bonds is 6. The van der Waals surface area contributed by atoms with Crippen molar-refractivity contribution in [2.75, 3.05) is 19.7 Å². The number of carbonyl (C=O) groups is 2. The molecule has 0 aromatic heterocycles. The van der Waals surface area contributed by atoms with Crippen molar-refractivity contribution >= 4 is 33.3 Å². The number of hydrogen-bond acceptors (Lipinski definition) is 5. The molecule has 14 heteroatoms. The predicted octanol–water partition coefficient (Wildman–Crippen LogP) is 3.01. The predicted molar refractivity (Wildman–Crippen MR) is 99.4 cm³/mol. The maximum atomic E-state index is 13.1. The summed E-state index contributed by atoms with van der Waals surface area (Å²) in [6, 6.07) is 2.79. The average molecular weight is 506 g/mol. The molecule has 178 valence electrons. The molecule has 1 N–H and O–H groups in total. The molecule has 1 amide bonds. The molecule has 2 aliphatic rings. The van der Waals surface area contributed by atoms with Crippen molar-refractivity contribution in [2.24, 2.45) is 11.8 Å². The second-order valence-electron chi connectivity index (χ2n) is 7.74. The van der Waals surface area contributed by atoms with Crippen LogP contribution in [0.1, 0.15) is 12.8 Å². The minimum atomic E-state index is -4.62. The van der Waals surface area contributed by atoms with Gasteiger partial charge in [-0.25, -0.2) is 17.2 Å². The van der Waals surface area contributed by atoms with Crippen molar-refractivity contribution in [1.82, 2.24) is 4.90 Å². The highest BCUT2D eigenvalue weighted by Gasteiger charge is 2.53. The van der Waals surface area contributed by atoms with Gasteiger partial charge in [-0.3, -0.25) is 9.59 Å². The van der Waals surface area contributed by atoms with E-state index in [0.717, 1.165) is 23.1 Å². The van der Waals surface area contributed by atoms with Crippen LogP contribution in [0.5, 0.6) is 5.75 Å². The Balaban J connectivity index is 1.79. The number of ether oxygens (including phenoxy) is 1. The molecule has 1 heterocycles. The van der Waals surface area contributed by atoms with Gasteiger partial charge < -0.3 is 14.7 Å². The third-order valence-corrected chi connectivity index (χ3v) is 8.02. The highest BCUT2D eigenvalue weighted by molar-refractivity contribution is 7.92. The van der Waals surface area contributed by atoms with Crippen LogP contribution in [0.4, 0.5) is 22.0 Å². The first-order valence-electron chi connectivity index (χ1n) is 9.23. The van der Waals surface area contributed by atoms with Gasteiger partial charge in [0.15, 0.2) is 16.4 Å². The summed E-state index contributed by atoms with van der Waals surface area (Å²) in [5, 5.41) is 7.64. The molecule has 1 aromatic rings. The molecule has 0 unspecified atom stereocenters. The zero-order valence-electron chi connectivity index (χ0n) is 16.1. The second-order valence-corrected chi connectivity index (χ2v) is 10.3. The van der Waals surface area contributed by atoms with E-state index >= 15 is 0 Å². The maximum absolute atomic E-state index is 13.1. The van der Waals surface area contributed by atoms with Crippen molar-refractivity contribution in [1.29, 1.82) is 0 Å². The second kappa shape index (κ2) is 8.32. The number of carboxylic acids is 1. The number of aliphatic carboxylic acids is 1. The van der Waals surface area contributed by atoms with E-state index < -0.39 is 93.4 Å². The lowest BCUT2D eigenvalue weighted by Gasteiger charge is -2.40. The van der Waals surface area contributed by atoms with Crippen LogP contribution in [0.25, 0.3) is 0 Å². The molecule has 0 spiro atoms. The average Bonchev–Trinajstić information content (AvgIpc) is 3.09. The molecule has 3 rings (SSSR count). The van der Waals surface area contributed by atoms with Gasteiger partial charge in [-0.1, -0.05) is 11.6 Å². The van der Waals surface area contributed by atoms with Gasteiger partial charge in [0.1, 0.15) is 5.75 Å². The summed E-state index contributed by atoms with van der Waals surface area (Å²) >= 11 is 5.94. The Labute approximate surface area is 184 Å². The SMILES string of the molecule is O=C(O)[C@@H]1C[C@H](S(=O)(=O)c2ccc(OCC(F)(F)F)cc2Cl)C[C@H]1C(=O)N1CC(F)(F)C1. The Morgan fingerprint density at radius 2 is 1.78 bits per heavy atom. The molecule has 1 aliphatic heterocycles. The first-order chi connectivity index (χ1) is 14.6. The molecule has 7 nitrogen and oxygen atoms in total. The Kier molecular flexibility index (Phi) is 6.37. The normalized spacial score (nSPS) is 25.3. The van der Waals surface area contributed by atoms with Crippen LogP contribution in [0.3, 0.4) is 0 Å². The summed E-state index contributed by atoms with van der Waals surface area (Å²) in [4.78, 5) is 24.4. The highest BCUT2D eigenvalue weighted by atomic mass is 35.5. The van der Waals surface area contributed by atoms with Crippen molar-refractivity contribution in [2.45, 2.75) is 35.1 Å². The Morgan fingerprint density at radius 3 is 2.28 bits per heavy atom. The molecule has 2 fully saturated rings. The largest absolute Gasteiger partial charge is 0.484 e. The van der Waals surface area contributed by atoms with Gasteiger partial charge in [0.2, 0.25) is 5.91 Å². The number of alkyl halides is 5. The number of benzene rings is 1. The monoisotopic (exact) mass is 505 g/mol. The van der Waals surface area contributed by atoms with Crippen molar-refractivity contribution in [3.8, 4) is 5.75 Å². The van der Waals surface area contributed by atoms with E-state index in [1.807, 2.05) is 0 Å². The van der Waals surface area contributed by atoms with Gasteiger partial charge in [0.25, 0.3) is 5.92 Å². The fraction of sp³-hybridized carbons (Fsp3) is 0.556. The number of carbonyl (C=O) groups excluding carboxylic acids is 1. The van der Waals surface area contributed by atoms with E-state index in [0.29, 0.717) is 0 Å². The van der Waals surface area contributed by atoms with E-state index in [1.54, 1.807) is 0 Å². The molecular formula is C18H17ClF5NO6S. The third kappa shape index (κ3) is 5.08. The van der Waals surface area contributed by atoms with Gasteiger partial charge in [-0.2, -0.15) is 13.2 Å². The molecule has 3 atom stereocenters. The van der Waals surface area contributed by atoms with Crippen LogP contribution < -0.4 is 4.74 Å².